The second-order valence-electron chi connectivity index (χ2n) is 2.41. The van der Waals surface area contributed by atoms with Crippen LogP contribution in [0.1, 0.15) is 5.56 Å². The van der Waals surface area contributed by atoms with Gasteiger partial charge in [-0.15, -0.1) is 24.2 Å². The lowest BCUT2D eigenvalue weighted by Crippen LogP contribution is -1.83. The van der Waals surface area contributed by atoms with Crippen molar-refractivity contribution in [2.24, 2.45) is 0 Å². The summed E-state index contributed by atoms with van der Waals surface area (Å²) < 4.78 is 0. The zero-order valence-corrected chi connectivity index (χ0v) is 9.13. The van der Waals surface area contributed by atoms with Crippen LogP contribution in [0.5, 0.6) is 0 Å². The minimum absolute atomic E-state index is 0.727. The van der Waals surface area contributed by atoms with Gasteiger partial charge in [-0.3, -0.25) is 0 Å². The van der Waals surface area contributed by atoms with Crippen LogP contribution in [-0.4, -0.2) is 11.6 Å². The summed E-state index contributed by atoms with van der Waals surface area (Å²) in [7, 11) is 0. The summed E-state index contributed by atoms with van der Waals surface area (Å²) in [6.45, 7) is 0. The number of rotatable bonds is 4. The topological polar surface area (TPSA) is 0 Å². The van der Waals surface area contributed by atoms with Crippen LogP contribution in [-0.2, 0) is 5.75 Å². The Bertz CT molecular complexity index is 238. The normalized spacial score (nSPS) is 10.2. The van der Waals surface area contributed by atoms with Gasteiger partial charge in [-0.05, 0) is 17.7 Å². The Morgan fingerprint density at radius 3 is 2.92 bits per heavy atom. The van der Waals surface area contributed by atoms with E-state index in [1.165, 1.54) is 5.56 Å². The van der Waals surface area contributed by atoms with Gasteiger partial charge in [0.15, 0.2) is 0 Å². The standard InChI is InChI=1S/C9H11ClS2/c10-4-5-12-7-8-2-1-3-9(11)6-8/h1-3,6,11H,4-5,7H2. The number of alkyl halides is 1. The van der Waals surface area contributed by atoms with E-state index in [2.05, 4.69) is 24.8 Å². The lowest BCUT2D eigenvalue weighted by Gasteiger charge is -2.00. The molecular formula is C9H11ClS2. The van der Waals surface area contributed by atoms with Gasteiger partial charge in [-0.25, -0.2) is 0 Å². The first-order valence-electron chi connectivity index (χ1n) is 3.74. The first-order chi connectivity index (χ1) is 5.83. The molecule has 0 aromatic heterocycles. The second kappa shape index (κ2) is 5.79. The lowest BCUT2D eigenvalue weighted by atomic mass is 10.2. The fraction of sp³-hybridized carbons (Fsp3) is 0.333. The van der Waals surface area contributed by atoms with Gasteiger partial charge in [0.1, 0.15) is 0 Å². The average Bonchev–Trinajstić information content (AvgIpc) is 2.05. The van der Waals surface area contributed by atoms with E-state index in [0.717, 1.165) is 22.3 Å². The maximum atomic E-state index is 5.56. The number of thiol groups is 1. The van der Waals surface area contributed by atoms with Gasteiger partial charge in [-0.2, -0.15) is 11.8 Å². The van der Waals surface area contributed by atoms with Crippen LogP contribution in [0.4, 0.5) is 0 Å². The minimum atomic E-state index is 0.727. The molecule has 0 fully saturated rings. The van der Waals surface area contributed by atoms with Crippen LogP contribution in [0, 0.1) is 0 Å². The highest BCUT2D eigenvalue weighted by atomic mass is 35.5. The van der Waals surface area contributed by atoms with Crippen LogP contribution in [0.2, 0.25) is 0 Å². The van der Waals surface area contributed by atoms with Crippen molar-refractivity contribution in [2.45, 2.75) is 10.6 Å². The van der Waals surface area contributed by atoms with Gasteiger partial charge in [0.2, 0.25) is 0 Å². The van der Waals surface area contributed by atoms with E-state index in [9.17, 15) is 0 Å². The Balaban J connectivity index is 2.41. The summed E-state index contributed by atoms with van der Waals surface area (Å²) >= 11 is 11.7. The van der Waals surface area contributed by atoms with E-state index in [1.54, 1.807) is 0 Å². The van der Waals surface area contributed by atoms with Crippen LogP contribution >= 0.6 is 36.0 Å². The molecule has 3 heteroatoms. The van der Waals surface area contributed by atoms with Crippen LogP contribution in [0.15, 0.2) is 29.2 Å². The summed E-state index contributed by atoms with van der Waals surface area (Å²) in [6, 6.07) is 8.21. The Hall–Kier alpha value is 0.210. The first kappa shape index (κ1) is 10.3. The van der Waals surface area contributed by atoms with Crippen molar-refractivity contribution in [1.29, 1.82) is 0 Å². The van der Waals surface area contributed by atoms with E-state index in [4.69, 9.17) is 11.6 Å². The first-order valence-corrected chi connectivity index (χ1v) is 5.88. The number of halogens is 1. The Morgan fingerprint density at radius 2 is 2.25 bits per heavy atom. The molecular weight excluding hydrogens is 208 g/mol. The quantitative estimate of drug-likeness (QED) is 0.459. The third kappa shape index (κ3) is 3.74. The largest absolute Gasteiger partial charge is 0.156 e. The fourth-order valence-corrected chi connectivity index (χ4v) is 2.14. The average molecular weight is 219 g/mol. The Morgan fingerprint density at radius 1 is 1.42 bits per heavy atom. The summed E-state index contributed by atoms with van der Waals surface area (Å²) in [4.78, 5) is 1.03. The molecule has 0 amide bonds. The van der Waals surface area contributed by atoms with Crippen molar-refractivity contribution < 1.29 is 0 Å². The molecule has 0 aliphatic rings. The summed E-state index contributed by atoms with van der Waals surface area (Å²) in [5.41, 5.74) is 1.32. The van der Waals surface area contributed by atoms with Crippen molar-refractivity contribution in [3.8, 4) is 0 Å². The molecule has 0 aliphatic carbocycles. The van der Waals surface area contributed by atoms with E-state index in [1.807, 2.05) is 23.9 Å². The zero-order chi connectivity index (χ0) is 8.81. The van der Waals surface area contributed by atoms with Gasteiger partial charge in [0.05, 0.1) is 0 Å². The summed E-state index contributed by atoms with van der Waals surface area (Å²) in [6.07, 6.45) is 0. The van der Waals surface area contributed by atoms with Gasteiger partial charge in [0.25, 0.3) is 0 Å². The lowest BCUT2D eigenvalue weighted by molar-refractivity contribution is 1.33. The number of hydrogen-bond donors (Lipinski definition) is 1. The van der Waals surface area contributed by atoms with Gasteiger partial charge in [0, 0.05) is 22.3 Å². The minimum Gasteiger partial charge on any atom is -0.156 e. The fourth-order valence-electron chi connectivity index (χ4n) is 0.891. The number of benzene rings is 1. The monoisotopic (exact) mass is 218 g/mol. The van der Waals surface area contributed by atoms with Gasteiger partial charge < -0.3 is 0 Å². The molecule has 0 N–H and O–H groups in total. The molecule has 66 valence electrons. The maximum Gasteiger partial charge on any atom is 0.0314 e. The molecule has 1 aromatic rings. The SMILES string of the molecule is Sc1cccc(CSCCCl)c1. The van der Waals surface area contributed by atoms with Gasteiger partial charge in [-0.1, -0.05) is 12.1 Å². The summed E-state index contributed by atoms with van der Waals surface area (Å²) in [5, 5.41) is 0. The van der Waals surface area contributed by atoms with E-state index in [0.29, 0.717) is 0 Å². The Kier molecular flexibility index (Phi) is 4.96. The molecule has 0 saturated heterocycles. The van der Waals surface area contributed by atoms with Crippen molar-refractivity contribution in [2.75, 3.05) is 11.6 Å². The van der Waals surface area contributed by atoms with Crippen molar-refractivity contribution in [3.63, 3.8) is 0 Å². The number of hydrogen-bond acceptors (Lipinski definition) is 2. The molecule has 12 heavy (non-hydrogen) atoms. The molecule has 1 aromatic carbocycles. The van der Waals surface area contributed by atoms with Crippen LogP contribution < -0.4 is 0 Å². The van der Waals surface area contributed by atoms with E-state index < -0.39 is 0 Å². The maximum absolute atomic E-state index is 5.56. The van der Waals surface area contributed by atoms with E-state index in [-0.39, 0.29) is 0 Å². The smallest absolute Gasteiger partial charge is 0.0314 e. The molecule has 0 radical (unpaired) electrons. The van der Waals surface area contributed by atoms with Crippen molar-refractivity contribution in [1.82, 2.24) is 0 Å². The third-order valence-corrected chi connectivity index (χ3v) is 3.12. The number of thioether (sulfide) groups is 1. The van der Waals surface area contributed by atoms with Crippen molar-refractivity contribution in [3.05, 3.63) is 29.8 Å². The molecule has 0 unspecified atom stereocenters. The van der Waals surface area contributed by atoms with Crippen molar-refractivity contribution >= 4 is 36.0 Å². The van der Waals surface area contributed by atoms with E-state index >= 15 is 0 Å². The highest BCUT2D eigenvalue weighted by Crippen LogP contribution is 2.15. The molecule has 0 spiro atoms. The highest BCUT2D eigenvalue weighted by Gasteiger charge is 1.93. The molecule has 0 heterocycles. The molecule has 0 saturated carbocycles. The van der Waals surface area contributed by atoms with Crippen LogP contribution in [0.3, 0.4) is 0 Å². The third-order valence-electron chi connectivity index (χ3n) is 1.40. The predicted octanol–water partition coefficient (Wildman–Crippen LogP) is 3.45. The predicted molar refractivity (Wildman–Crippen MR) is 60.6 cm³/mol. The highest BCUT2D eigenvalue weighted by molar-refractivity contribution is 7.98. The molecule has 0 atom stereocenters. The molecule has 1 rings (SSSR count). The van der Waals surface area contributed by atoms with Crippen LogP contribution in [0.25, 0.3) is 0 Å². The Labute approximate surface area is 88.1 Å². The van der Waals surface area contributed by atoms with Gasteiger partial charge >= 0.3 is 0 Å². The molecule has 0 aliphatic heterocycles. The summed E-state index contributed by atoms with van der Waals surface area (Å²) in [5.74, 6) is 2.77. The molecule has 0 bridgehead atoms. The zero-order valence-electron chi connectivity index (χ0n) is 6.66. The second-order valence-corrected chi connectivity index (χ2v) is 4.41. The molecule has 0 nitrogen and oxygen atoms in total.